The molecule has 0 saturated carbocycles. The normalized spacial score (nSPS) is 10.3. The fraction of sp³-hybridized carbons (Fsp3) is 0.250. The third-order valence-electron chi connectivity index (χ3n) is 1.42. The maximum atomic E-state index is 11.8. The molecule has 1 aromatic rings. The van der Waals surface area contributed by atoms with Gasteiger partial charge in [0.25, 0.3) is 0 Å². The molecule has 0 saturated heterocycles. The molecule has 0 aliphatic carbocycles. The number of nitrogens with zero attached hydrogens (tertiary/aromatic N) is 1. The zero-order valence-electron chi connectivity index (χ0n) is 7.20. The third kappa shape index (κ3) is 2.38. The first kappa shape index (κ1) is 10.4. The molecule has 0 unspecified atom stereocenters. The second-order valence-corrected chi connectivity index (χ2v) is 2.48. The van der Waals surface area contributed by atoms with E-state index >= 15 is 0 Å². The number of pyridine rings is 1. The predicted molar refractivity (Wildman–Crippen MR) is 42.6 cm³/mol. The summed E-state index contributed by atoms with van der Waals surface area (Å²) < 4.78 is 27.6. The number of aryl methyl sites for hydroxylation is 1. The van der Waals surface area contributed by atoms with E-state index in [0.29, 0.717) is 5.69 Å². The zero-order chi connectivity index (χ0) is 10.7. The van der Waals surface area contributed by atoms with E-state index in [1.54, 1.807) is 6.92 Å². The third-order valence-corrected chi connectivity index (χ3v) is 1.42. The van der Waals surface area contributed by atoms with E-state index in [1.165, 1.54) is 6.07 Å². The summed E-state index contributed by atoms with van der Waals surface area (Å²) in [7, 11) is 0. The van der Waals surface area contributed by atoms with Crippen molar-refractivity contribution in [3.63, 3.8) is 0 Å². The summed E-state index contributed by atoms with van der Waals surface area (Å²) >= 11 is 0. The topological polar surface area (TPSA) is 59.4 Å². The highest BCUT2D eigenvalue weighted by Crippen LogP contribution is 2.18. The van der Waals surface area contributed by atoms with E-state index in [2.05, 4.69) is 9.72 Å². The van der Waals surface area contributed by atoms with E-state index in [1.807, 2.05) is 0 Å². The van der Waals surface area contributed by atoms with Gasteiger partial charge in [-0.05, 0) is 19.1 Å². The Labute approximate surface area is 78.1 Å². The van der Waals surface area contributed by atoms with Crippen LogP contribution >= 0.6 is 0 Å². The molecule has 1 N–H and O–H groups in total. The summed E-state index contributed by atoms with van der Waals surface area (Å²) in [6.45, 7) is -1.50. The molecule has 0 fully saturated rings. The molecule has 0 aliphatic rings. The average Bonchev–Trinajstić information content (AvgIpc) is 2.07. The molecule has 0 spiro atoms. The molecular formula is C8H7F2NO3. The molecule has 4 nitrogen and oxygen atoms in total. The van der Waals surface area contributed by atoms with Crippen molar-refractivity contribution in [2.24, 2.45) is 0 Å². The molecule has 0 atom stereocenters. The summed E-state index contributed by atoms with van der Waals surface area (Å²) in [5.41, 5.74) is -0.0886. The fourth-order valence-corrected chi connectivity index (χ4v) is 0.888. The van der Waals surface area contributed by atoms with Gasteiger partial charge in [0, 0.05) is 5.69 Å². The second kappa shape index (κ2) is 3.99. The highest BCUT2D eigenvalue weighted by atomic mass is 19.3. The van der Waals surface area contributed by atoms with Crippen molar-refractivity contribution in [1.82, 2.24) is 4.98 Å². The summed E-state index contributed by atoms with van der Waals surface area (Å²) in [5.74, 6) is -1.83. The maximum Gasteiger partial charge on any atom is 0.387 e. The van der Waals surface area contributed by atoms with Crippen molar-refractivity contribution in [1.29, 1.82) is 0 Å². The lowest BCUT2D eigenvalue weighted by molar-refractivity contribution is -0.0506. The van der Waals surface area contributed by atoms with Crippen molar-refractivity contribution in [2.45, 2.75) is 13.5 Å². The molecule has 1 heterocycles. The number of carboxylic acid groups (broad SMARTS) is 1. The monoisotopic (exact) mass is 203 g/mol. The van der Waals surface area contributed by atoms with Crippen LogP contribution in [-0.4, -0.2) is 22.7 Å². The summed E-state index contributed by atoms with van der Waals surface area (Å²) in [4.78, 5) is 14.1. The molecule has 1 rings (SSSR count). The lowest BCUT2D eigenvalue weighted by atomic mass is 10.3. The molecule has 1 aromatic heterocycles. The van der Waals surface area contributed by atoms with E-state index in [0.717, 1.165) is 6.07 Å². The summed E-state index contributed by atoms with van der Waals surface area (Å²) in [6, 6.07) is 2.54. The van der Waals surface area contributed by atoms with E-state index in [9.17, 15) is 13.6 Å². The summed E-state index contributed by atoms with van der Waals surface area (Å²) in [6.07, 6.45) is 0. The smallest absolute Gasteiger partial charge is 0.387 e. The Morgan fingerprint density at radius 1 is 1.57 bits per heavy atom. The number of alkyl halides is 2. The molecule has 14 heavy (non-hydrogen) atoms. The van der Waals surface area contributed by atoms with Gasteiger partial charge in [-0.15, -0.1) is 0 Å². The molecule has 76 valence electrons. The largest absolute Gasteiger partial charge is 0.476 e. The second-order valence-electron chi connectivity index (χ2n) is 2.48. The number of carbonyl (C=O) groups is 1. The predicted octanol–water partition coefficient (Wildman–Crippen LogP) is 1.69. The molecule has 0 aromatic carbocycles. The number of aromatic nitrogens is 1. The standard InChI is InChI=1S/C8H7F2NO3/c1-4-2-3-5(14-8(9)10)6(11-4)7(12)13/h2-3,8H,1H3,(H,12,13). The SMILES string of the molecule is Cc1ccc(OC(F)F)c(C(=O)O)n1. The fourth-order valence-electron chi connectivity index (χ4n) is 0.888. The van der Waals surface area contributed by atoms with E-state index in [-0.39, 0.29) is 0 Å². The van der Waals surface area contributed by atoms with Crippen LogP contribution in [0.3, 0.4) is 0 Å². The minimum Gasteiger partial charge on any atom is -0.476 e. The van der Waals surface area contributed by atoms with Gasteiger partial charge < -0.3 is 9.84 Å². The van der Waals surface area contributed by atoms with Crippen LogP contribution < -0.4 is 4.74 Å². The first-order valence-corrected chi connectivity index (χ1v) is 3.66. The van der Waals surface area contributed by atoms with Crippen molar-refractivity contribution in [3.05, 3.63) is 23.5 Å². The van der Waals surface area contributed by atoms with Crippen molar-refractivity contribution >= 4 is 5.97 Å². The van der Waals surface area contributed by atoms with Crippen LogP contribution in [0.15, 0.2) is 12.1 Å². The van der Waals surface area contributed by atoms with E-state index in [4.69, 9.17) is 5.11 Å². The van der Waals surface area contributed by atoms with Gasteiger partial charge in [-0.3, -0.25) is 0 Å². The quantitative estimate of drug-likeness (QED) is 0.811. The van der Waals surface area contributed by atoms with Gasteiger partial charge in [0.1, 0.15) is 0 Å². The highest BCUT2D eigenvalue weighted by Gasteiger charge is 2.16. The molecule has 0 amide bonds. The number of hydrogen-bond acceptors (Lipinski definition) is 3. The number of ether oxygens (including phenoxy) is 1. The van der Waals surface area contributed by atoms with Gasteiger partial charge in [0.2, 0.25) is 0 Å². The van der Waals surface area contributed by atoms with Crippen molar-refractivity contribution < 1.29 is 23.4 Å². The Bertz CT molecular complexity index is 354. The highest BCUT2D eigenvalue weighted by molar-refractivity contribution is 5.88. The number of hydrogen-bond donors (Lipinski definition) is 1. The Morgan fingerprint density at radius 2 is 2.21 bits per heavy atom. The van der Waals surface area contributed by atoms with Crippen LogP contribution in [0.25, 0.3) is 0 Å². The van der Waals surface area contributed by atoms with Crippen LogP contribution in [0.1, 0.15) is 16.2 Å². The molecule has 0 aliphatic heterocycles. The van der Waals surface area contributed by atoms with Crippen LogP contribution in [0, 0.1) is 6.92 Å². The summed E-state index contributed by atoms with van der Waals surface area (Å²) in [5, 5.41) is 8.62. The van der Waals surface area contributed by atoms with Crippen LogP contribution in [-0.2, 0) is 0 Å². The average molecular weight is 203 g/mol. The minimum absolute atomic E-state index is 0.420. The van der Waals surface area contributed by atoms with Gasteiger partial charge in [-0.1, -0.05) is 0 Å². The van der Waals surface area contributed by atoms with Crippen LogP contribution in [0.2, 0.25) is 0 Å². The van der Waals surface area contributed by atoms with Gasteiger partial charge >= 0.3 is 12.6 Å². The van der Waals surface area contributed by atoms with Gasteiger partial charge in [-0.25, -0.2) is 9.78 Å². The number of rotatable bonds is 3. The zero-order valence-corrected chi connectivity index (χ0v) is 7.20. The maximum absolute atomic E-state index is 11.8. The molecule has 0 bridgehead atoms. The minimum atomic E-state index is -3.06. The van der Waals surface area contributed by atoms with E-state index < -0.39 is 24.0 Å². The van der Waals surface area contributed by atoms with Crippen LogP contribution in [0.4, 0.5) is 8.78 Å². The first-order valence-electron chi connectivity index (χ1n) is 3.66. The lowest BCUT2D eigenvalue weighted by Crippen LogP contribution is -2.09. The number of carboxylic acids is 1. The Hall–Kier alpha value is -1.72. The Balaban J connectivity index is 3.08. The van der Waals surface area contributed by atoms with Gasteiger partial charge in [0.05, 0.1) is 0 Å². The first-order chi connectivity index (χ1) is 6.50. The Kier molecular flexibility index (Phi) is 2.95. The van der Waals surface area contributed by atoms with Gasteiger partial charge in [-0.2, -0.15) is 8.78 Å². The lowest BCUT2D eigenvalue weighted by Gasteiger charge is -2.06. The van der Waals surface area contributed by atoms with Crippen molar-refractivity contribution in [3.8, 4) is 5.75 Å². The molecule has 6 heteroatoms. The van der Waals surface area contributed by atoms with Crippen LogP contribution in [0.5, 0.6) is 5.75 Å². The van der Waals surface area contributed by atoms with Crippen molar-refractivity contribution in [2.75, 3.05) is 0 Å². The molecule has 0 radical (unpaired) electrons. The number of aromatic carboxylic acids is 1. The number of halogens is 2. The molecular weight excluding hydrogens is 196 g/mol. The Morgan fingerprint density at radius 3 is 2.71 bits per heavy atom. The van der Waals surface area contributed by atoms with Gasteiger partial charge in [0.15, 0.2) is 11.4 Å².